The third kappa shape index (κ3) is 2.39. The van der Waals surface area contributed by atoms with Crippen molar-refractivity contribution >= 4 is 22.9 Å². The van der Waals surface area contributed by atoms with E-state index < -0.39 is 0 Å². The molecule has 80 valence electrons. The number of nitrogens with two attached hydrogens (primary N) is 1. The molecule has 2 aromatic heterocycles. The summed E-state index contributed by atoms with van der Waals surface area (Å²) in [6, 6.07) is -0.0221. The van der Waals surface area contributed by atoms with Crippen molar-refractivity contribution in [2.45, 2.75) is 25.8 Å². The maximum absolute atomic E-state index is 6.10. The molecule has 2 rings (SSSR count). The van der Waals surface area contributed by atoms with Crippen LogP contribution in [0.1, 0.15) is 28.5 Å². The van der Waals surface area contributed by atoms with Crippen LogP contribution in [0.25, 0.3) is 0 Å². The zero-order valence-electron chi connectivity index (χ0n) is 8.38. The first-order valence-corrected chi connectivity index (χ1v) is 6.41. The van der Waals surface area contributed by atoms with E-state index in [9.17, 15) is 0 Å². The van der Waals surface area contributed by atoms with Crippen LogP contribution in [0.4, 0.5) is 0 Å². The average molecular weight is 240 g/mol. The minimum absolute atomic E-state index is 0.0221. The van der Waals surface area contributed by atoms with Gasteiger partial charge >= 0.3 is 0 Å². The van der Waals surface area contributed by atoms with Crippen LogP contribution in [0, 0.1) is 0 Å². The molecule has 0 aliphatic carbocycles. The molecule has 2 aromatic rings. The minimum Gasteiger partial charge on any atom is -0.323 e. The summed E-state index contributed by atoms with van der Waals surface area (Å²) in [5.41, 5.74) is 7.12. The Hall–Kier alpha value is -0.850. The highest BCUT2D eigenvalue weighted by Gasteiger charge is 2.15. The lowest BCUT2D eigenvalue weighted by molar-refractivity contribution is 0.718. The van der Waals surface area contributed by atoms with Crippen LogP contribution in [0.15, 0.2) is 11.6 Å². The molecule has 2 N–H and O–H groups in total. The summed E-state index contributed by atoms with van der Waals surface area (Å²) >= 11 is 3.03. The molecule has 2 heterocycles. The molecular formula is C9H12N4S2. The Labute approximate surface area is 96.3 Å². The van der Waals surface area contributed by atoms with Crippen molar-refractivity contribution in [1.82, 2.24) is 14.6 Å². The fourth-order valence-electron chi connectivity index (χ4n) is 1.38. The number of hydrogen-bond acceptors (Lipinski definition) is 6. The number of aromatic nitrogens is 3. The van der Waals surface area contributed by atoms with Gasteiger partial charge in [0.25, 0.3) is 0 Å². The van der Waals surface area contributed by atoms with Crippen molar-refractivity contribution in [1.29, 1.82) is 0 Å². The predicted molar refractivity (Wildman–Crippen MR) is 62.0 cm³/mol. The second kappa shape index (κ2) is 4.78. The second-order valence-electron chi connectivity index (χ2n) is 3.17. The lowest BCUT2D eigenvalue weighted by atomic mass is 10.1. The molecule has 0 amide bonds. The van der Waals surface area contributed by atoms with Gasteiger partial charge in [-0.05, 0) is 18.0 Å². The van der Waals surface area contributed by atoms with Crippen LogP contribution in [0.2, 0.25) is 0 Å². The molecule has 0 aliphatic heterocycles. The van der Waals surface area contributed by atoms with Gasteiger partial charge in [0.15, 0.2) is 0 Å². The molecule has 4 nitrogen and oxygen atoms in total. The molecular weight excluding hydrogens is 228 g/mol. The van der Waals surface area contributed by atoms with E-state index >= 15 is 0 Å². The van der Waals surface area contributed by atoms with E-state index in [-0.39, 0.29) is 6.04 Å². The zero-order chi connectivity index (χ0) is 10.7. The Balaban J connectivity index is 2.11. The van der Waals surface area contributed by atoms with Crippen molar-refractivity contribution < 1.29 is 0 Å². The fraction of sp³-hybridized carbons (Fsp3) is 0.444. The largest absolute Gasteiger partial charge is 0.323 e. The Morgan fingerprint density at radius 3 is 3.07 bits per heavy atom. The van der Waals surface area contributed by atoms with Gasteiger partial charge in [-0.3, -0.25) is 0 Å². The van der Waals surface area contributed by atoms with E-state index in [1.165, 1.54) is 11.5 Å². The molecule has 0 saturated carbocycles. The molecule has 0 radical (unpaired) electrons. The van der Waals surface area contributed by atoms with E-state index in [4.69, 9.17) is 5.73 Å². The molecule has 6 heteroatoms. The highest BCUT2D eigenvalue weighted by molar-refractivity contribution is 7.09. The summed E-state index contributed by atoms with van der Waals surface area (Å²) in [5.74, 6) is 0. The maximum atomic E-state index is 6.10. The van der Waals surface area contributed by atoms with E-state index in [1.54, 1.807) is 17.5 Å². The van der Waals surface area contributed by atoms with Gasteiger partial charge in [-0.25, -0.2) is 4.98 Å². The summed E-state index contributed by atoms with van der Waals surface area (Å²) in [4.78, 5) is 5.31. The van der Waals surface area contributed by atoms with Crippen molar-refractivity contribution in [3.05, 3.63) is 27.2 Å². The van der Waals surface area contributed by atoms with Gasteiger partial charge in [0.1, 0.15) is 0 Å². The van der Waals surface area contributed by atoms with Crippen LogP contribution in [-0.4, -0.2) is 14.6 Å². The maximum Gasteiger partial charge on any atom is 0.0944 e. The van der Waals surface area contributed by atoms with Gasteiger partial charge in [-0.15, -0.1) is 16.4 Å². The standard InChI is InChI=1S/C9H12N4S2/c1-2-7-9(15-13-12-7)6(10)5-8-11-3-4-14-8/h3-4,6H,2,5,10H2,1H3. The number of nitrogens with zero attached hydrogens (tertiary/aromatic N) is 3. The van der Waals surface area contributed by atoms with Crippen LogP contribution in [-0.2, 0) is 12.8 Å². The van der Waals surface area contributed by atoms with E-state index in [0.29, 0.717) is 0 Å². The van der Waals surface area contributed by atoms with E-state index in [0.717, 1.165) is 28.4 Å². The van der Waals surface area contributed by atoms with Gasteiger partial charge in [0.05, 0.1) is 15.6 Å². The van der Waals surface area contributed by atoms with Crippen molar-refractivity contribution in [2.24, 2.45) is 5.73 Å². The van der Waals surface area contributed by atoms with Crippen LogP contribution >= 0.6 is 22.9 Å². The quantitative estimate of drug-likeness (QED) is 0.885. The summed E-state index contributed by atoms with van der Waals surface area (Å²) in [5, 5.41) is 7.09. The Kier molecular flexibility index (Phi) is 3.40. The molecule has 0 aromatic carbocycles. The molecule has 1 atom stereocenters. The highest BCUT2D eigenvalue weighted by atomic mass is 32.1. The van der Waals surface area contributed by atoms with Crippen LogP contribution in [0.5, 0.6) is 0 Å². The van der Waals surface area contributed by atoms with Gasteiger partial charge in [0.2, 0.25) is 0 Å². The van der Waals surface area contributed by atoms with E-state index in [1.807, 2.05) is 5.38 Å². The first-order valence-electron chi connectivity index (χ1n) is 4.76. The number of rotatable bonds is 4. The third-order valence-corrected chi connectivity index (χ3v) is 3.84. The molecule has 0 aliphatic rings. The van der Waals surface area contributed by atoms with Gasteiger partial charge in [0, 0.05) is 24.0 Å². The fourth-order valence-corrected chi connectivity index (χ4v) is 2.79. The molecule has 0 spiro atoms. The van der Waals surface area contributed by atoms with E-state index in [2.05, 4.69) is 21.5 Å². The van der Waals surface area contributed by atoms with Gasteiger partial charge < -0.3 is 5.73 Å². The first kappa shape index (κ1) is 10.7. The molecule has 0 bridgehead atoms. The number of aryl methyl sites for hydroxylation is 1. The lowest BCUT2D eigenvalue weighted by Gasteiger charge is -2.07. The Bertz CT molecular complexity index is 409. The first-order chi connectivity index (χ1) is 7.31. The number of thiazole rings is 1. The van der Waals surface area contributed by atoms with Crippen molar-refractivity contribution in [3.8, 4) is 0 Å². The SMILES string of the molecule is CCc1nnsc1C(N)Cc1nccs1. The molecule has 0 fully saturated rings. The number of hydrogen-bond donors (Lipinski definition) is 1. The normalized spacial score (nSPS) is 12.9. The minimum atomic E-state index is -0.0221. The topological polar surface area (TPSA) is 64.7 Å². The van der Waals surface area contributed by atoms with Gasteiger partial charge in [-0.1, -0.05) is 11.4 Å². The van der Waals surface area contributed by atoms with Crippen LogP contribution in [0.3, 0.4) is 0 Å². The summed E-state index contributed by atoms with van der Waals surface area (Å²) in [6.07, 6.45) is 3.46. The molecule has 1 unspecified atom stereocenters. The Morgan fingerprint density at radius 2 is 2.40 bits per heavy atom. The van der Waals surface area contributed by atoms with Crippen molar-refractivity contribution in [3.63, 3.8) is 0 Å². The second-order valence-corrected chi connectivity index (χ2v) is 4.94. The molecule has 15 heavy (non-hydrogen) atoms. The predicted octanol–water partition coefficient (Wildman–Crippen LogP) is 1.80. The third-order valence-electron chi connectivity index (χ3n) is 2.13. The summed E-state index contributed by atoms with van der Waals surface area (Å²) in [6.45, 7) is 2.07. The average Bonchev–Trinajstić information content (AvgIpc) is 2.86. The zero-order valence-corrected chi connectivity index (χ0v) is 10.0. The monoisotopic (exact) mass is 240 g/mol. The molecule has 0 saturated heterocycles. The van der Waals surface area contributed by atoms with Crippen molar-refractivity contribution in [2.75, 3.05) is 0 Å². The summed E-state index contributed by atoms with van der Waals surface area (Å²) in [7, 11) is 0. The lowest BCUT2D eigenvalue weighted by Crippen LogP contribution is -2.13. The Morgan fingerprint density at radius 1 is 1.53 bits per heavy atom. The van der Waals surface area contributed by atoms with Gasteiger partial charge in [-0.2, -0.15) is 0 Å². The highest BCUT2D eigenvalue weighted by Crippen LogP contribution is 2.22. The van der Waals surface area contributed by atoms with Crippen LogP contribution < -0.4 is 5.73 Å². The summed E-state index contributed by atoms with van der Waals surface area (Å²) < 4.78 is 3.94. The smallest absolute Gasteiger partial charge is 0.0944 e.